The minimum atomic E-state index is -0.521. The van der Waals surface area contributed by atoms with Crippen LogP contribution in [0, 0.1) is 0 Å². The van der Waals surface area contributed by atoms with Gasteiger partial charge in [-0.05, 0) is 27.2 Å². The molecule has 0 aromatic rings. The van der Waals surface area contributed by atoms with Crippen LogP contribution < -0.4 is 11.1 Å². The van der Waals surface area contributed by atoms with E-state index in [1.807, 2.05) is 27.7 Å². The lowest BCUT2D eigenvalue weighted by Crippen LogP contribution is -2.49. The van der Waals surface area contributed by atoms with Gasteiger partial charge in [0.1, 0.15) is 0 Å². The van der Waals surface area contributed by atoms with Crippen LogP contribution in [0.4, 0.5) is 0 Å². The lowest BCUT2D eigenvalue weighted by Gasteiger charge is -2.24. The molecule has 0 bridgehead atoms. The fraction of sp³-hybridized carbons (Fsp3) is 0.818. The molecule has 94 valence electrons. The largest absolute Gasteiger partial charge is 0.350 e. The van der Waals surface area contributed by atoms with Crippen LogP contribution in [0.2, 0.25) is 0 Å². The Labute approximate surface area is 97.4 Å². The van der Waals surface area contributed by atoms with Crippen LogP contribution >= 0.6 is 0 Å². The summed E-state index contributed by atoms with van der Waals surface area (Å²) in [7, 11) is 1.58. The molecule has 0 aliphatic carbocycles. The number of hydrogen-bond donors (Lipinski definition) is 2. The number of likely N-dealkylation sites (N-methyl/N-ethyl adjacent to an activating group) is 1. The maximum atomic E-state index is 11.6. The maximum Gasteiger partial charge on any atom is 0.240 e. The van der Waals surface area contributed by atoms with Gasteiger partial charge in [0.05, 0.1) is 12.6 Å². The molecule has 0 spiro atoms. The van der Waals surface area contributed by atoms with Crippen molar-refractivity contribution in [3.8, 4) is 0 Å². The number of rotatable bonds is 4. The second-order valence-electron chi connectivity index (χ2n) is 5.01. The van der Waals surface area contributed by atoms with Gasteiger partial charge >= 0.3 is 0 Å². The van der Waals surface area contributed by atoms with Gasteiger partial charge in [-0.15, -0.1) is 0 Å². The first kappa shape index (κ1) is 14.9. The lowest BCUT2D eigenvalue weighted by atomic mass is 10.1. The van der Waals surface area contributed by atoms with Crippen molar-refractivity contribution in [3.63, 3.8) is 0 Å². The minimum Gasteiger partial charge on any atom is -0.350 e. The van der Waals surface area contributed by atoms with E-state index in [2.05, 4.69) is 5.32 Å². The van der Waals surface area contributed by atoms with Gasteiger partial charge in [0.15, 0.2) is 0 Å². The molecule has 0 aliphatic rings. The Morgan fingerprint density at radius 2 is 1.88 bits per heavy atom. The highest BCUT2D eigenvalue weighted by Gasteiger charge is 2.20. The van der Waals surface area contributed by atoms with Gasteiger partial charge in [0.2, 0.25) is 11.8 Å². The number of hydrogen-bond acceptors (Lipinski definition) is 3. The first-order valence-electron chi connectivity index (χ1n) is 5.49. The molecule has 5 heteroatoms. The normalized spacial score (nSPS) is 13.1. The molecule has 0 aromatic heterocycles. The zero-order valence-corrected chi connectivity index (χ0v) is 10.8. The van der Waals surface area contributed by atoms with Crippen molar-refractivity contribution in [2.75, 3.05) is 13.6 Å². The molecular weight excluding hydrogens is 206 g/mol. The molecule has 0 rings (SSSR count). The molecule has 0 saturated carbocycles. The van der Waals surface area contributed by atoms with Crippen LogP contribution in [0.15, 0.2) is 0 Å². The van der Waals surface area contributed by atoms with Gasteiger partial charge in [0.25, 0.3) is 0 Å². The van der Waals surface area contributed by atoms with Crippen molar-refractivity contribution < 1.29 is 9.59 Å². The van der Waals surface area contributed by atoms with E-state index in [4.69, 9.17) is 5.73 Å². The first-order valence-corrected chi connectivity index (χ1v) is 5.49. The summed E-state index contributed by atoms with van der Waals surface area (Å²) < 4.78 is 0. The molecule has 0 fully saturated rings. The van der Waals surface area contributed by atoms with E-state index in [0.717, 1.165) is 0 Å². The van der Waals surface area contributed by atoms with Crippen molar-refractivity contribution in [3.05, 3.63) is 0 Å². The third-order valence-electron chi connectivity index (χ3n) is 2.03. The van der Waals surface area contributed by atoms with E-state index in [1.165, 1.54) is 4.90 Å². The molecule has 1 atom stereocenters. The third kappa shape index (κ3) is 5.70. The zero-order chi connectivity index (χ0) is 12.9. The van der Waals surface area contributed by atoms with Crippen LogP contribution in [0.1, 0.15) is 34.1 Å². The van der Waals surface area contributed by atoms with Crippen LogP contribution in [-0.4, -0.2) is 41.9 Å². The third-order valence-corrected chi connectivity index (χ3v) is 2.03. The quantitative estimate of drug-likeness (QED) is 0.717. The van der Waals surface area contributed by atoms with Crippen molar-refractivity contribution in [2.45, 2.75) is 45.7 Å². The number of nitrogens with two attached hydrogens (primary N) is 1. The average Bonchev–Trinajstić information content (AvgIpc) is 2.12. The summed E-state index contributed by atoms with van der Waals surface area (Å²) in [5.41, 5.74) is 5.31. The van der Waals surface area contributed by atoms with Crippen LogP contribution in [0.5, 0.6) is 0 Å². The summed E-state index contributed by atoms with van der Waals surface area (Å²) in [5, 5.41) is 2.79. The Hall–Kier alpha value is -1.10. The molecule has 0 heterocycles. The van der Waals surface area contributed by atoms with E-state index in [1.54, 1.807) is 7.05 Å². The summed E-state index contributed by atoms with van der Waals surface area (Å²) in [6.07, 6.45) is 0.573. The summed E-state index contributed by atoms with van der Waals surface area (Å²) in [5.74, 6) is -0.377. The summed E-state index contributed by atoms with van der Waals surface area (Å²) in [6.45, 7) is 7.56. The van der Waals surface area contributed by atoms with E-state index < -0.39 is 6.04 Å². The average molecular weight is 229 g/mol. The topological polar surface area (TPSA) is 75.4 Å². The lowest BCUT2D eigenvalue weighted by molar-refractivity contribution is -0.136. The Morgan fingerprint density at radius 3 is 2.25 bits per heavy atom. The Bertz CT molecular complexity index is 258. The molecule has 0 saturated heterocycles. The minimum absolute atomic E-state index is 0.0454. The number of nitrogens with one attached hydrogen (secondary N) is 1. The second-order valence-corrected chi connectivity index (χ2v) is 5.01. The van der Waals surface area contributed by atoms with E-state index >= 15 is 0 Å². The van der Waals surface area contributed by atoms with Crippen molar-refractivity contribution >= 4 is 11.8 Å². The summed E-state index contributed by atoms with van der Waals surface area (Å²) in [6, 6.07) is -0.521. The highest BCUT2D eigenvalue weighted by molar-refractivity contribution is 5.87. The SMILES string of the molecule is CC[C@@H](N)C(=O)N(C)CC(=O)NC(C)(C)C. The highest BCUT2D eigenvalue weighted by Crippen LogP contribution is 1.99. The summed E-state index contributed by atoms with van der Waals surface area (Å²) in [4.78, 5) is 24.5. The predicted molar refractivity (Wildman–Crippen MR) is 63.8 cm³/mol. The van der Waals surface area contributed by atoms with E-state index in [0.29, 0.717) is 6.42 Å². The Balaban J connectivity index is 4.20. The van der Waals surface area contributed by atoms with Gasteiger partial charge in [-0.2, -0.15) is 0 Å². The molecule has 0 radical (unpaired) electrons. The molecule has 5 nitrogen and oxygen atoms in total. The molecular formula is C11H23N3O2. The molecule has 16 heavy (non-hydrogen) atoms. The first-order chi connectivity index (χ1) is 7.17. The van der Waals surface area contributed by atoms with Gasteiger partial charge in [0, 0.05) is 12.6 Å². The smallest absolute Gasteiger partial charge is 0.240 e. The predicted octanol–water partition coefficient (Wildman–Crippen LogP) is 0.0968. The zero-order valence-electron chi connectivity index (χ0n) is 10.8. The number of carbonyl (C=O) groups is 2. The van der Waals surface area contributed by atoms with E-state index in [-0.39, 0.29) is 23.9 Å². The van der Waals surface area contributed by atoms with E-state index in [9.17, 15) is 9.59 Å². The van der Waals surface area contributed by atoms with Crippen LogP contribution in [0.3, 0.4) is 0 Å². The fourth-order valence-electron chi connectivity index (χ4n) is 1.21. The molecule has 2 amide bonds. The summed E-state index contributed by atoms with van der Waals surface area (Å²) >= 11 is 0. The highest BCUT2D eigenvalue weighted by atomic mass is 16.2. The number of amides is 2. The van der Waals surface area contributed by atoms with Crippen LogP contribution in [-0.2, 0) is 9.59 Å². The number of nitrogens with zero attached hydrogens (tertiary/aromatic N) is 1. The Morgan fingerprint density at radius 1 is 1.38 bits per heavy atom. The fourth-order valence-corrected chi connectivity index (χ4v) is 1.21. The van der Waals surface area contributed by atoms with Gasteiger partial charge in [-0.1, -0.05) is 6.92 Å². The van der Waals surface area contributed by atoms with Crippen molar-refractivity contribution in [1.82, 2.24) is 10.2 Å². The number of carbonyl (C=O) groups excluding carboxylic acids is 2. The molecule has 0 aromatic carbocycles. The van der Waals surface area contributed by atoms with Gasteiger partial charge < -0.3 is 16.0 Å². The standard InChI is InChI=1S/C11H23N3O2/c1-6-8(12)10(16)14(5)7-9(15)13-11(2,3)4/h8H,6-7,12H2,1-5H3,(H,13,15)/t8-/m1/s1. The van der Waals surface area contributed by atoms with Crippen molar-refractivity contribution in [1.29, 1.82) is 0 Å². The molecule has 0 aliphatic heterocycles. The van der Waals surface area contributed by atoms with Gasteiger partial charge in [-0.3, -0.25) is 9.59 Å². The second kappa shape index (κ2) is 5.84. The monoisotopic (exact) mass is 229 g/mol. The Kier molecular flexibility index (Phi) is 5.44. The van der Waals surface area contributed by atoms with Crippen LogP contribution in [0.25, 0.3) is 0 Å². The van der Waals surface area contributed by atoms with Crippen molar-refractivity contribution in [2.24, 2.45) is 5.73 Å². The molecule has 3 N–H and O–H groups in total. The maximum absolute atomic E-state index is 11.6. The van der Waals surface area contributed by atoms with Gasteiger partial charge in [-0.25, -0.2) is 0 Å². The molecule has 0 unspecified atom stereocenters.